The van der Waals surface area contributed by atoms with E-state index in [2.05, 4.69) is 12.1 Å². The molecular weight excluding hydrogens is 290 g/mol. The molecule has 1 saturated heterocycles. The minimum Gasteiger partial charge on any atom is -0.497 e. The van der Waals surface area contributed by atoms with Crippen LogP contribution in [0.15, 0.2) is 54.6 Å². The number of hydrogen-bond acceptors (Lipinski definition) is 3. The highest BCUT2D eigenvalue weighted by atomic mass is 16.5. The Morgan fingerprint density at radius 2 is 1.78 bits per heavy atom. The summed E-state index contributed by atoms with van der Waals surface area (Å²) in [5, 5.41) is 0. The summed E-state index contributed by atoms with van der Waals surface area (Å²) in [6.07, 6.45) is 2.05. The van der Waals surface area contributed by atoms with E-state index in [1.165, 1.54) is 5.56 Å². The van der Waals surface area contributed by atoms with Crippen LogP contribution < -0.4 is 9.47 Å². The molecule has 1 unspecified atom stereocenters. The number of hydrogen-bond donors (Lipinski definition) is 0. The molecule has 0 aromatic heterocycles. The third-order valence-corrected chi connectivity index (χ3v) is 4.18. The molecule has 1 aliphatic rings. The number of carbonyl (C=O) groups excluding carboxylic acids is 1. The second-order valence-corrected chi connectivity index (χ2v) is 5.62. The molecule has 1 atom stereocenters. The van der Waals surface area contributed by atoms with Crippen molar-refractivity contribution in [2.45, 2.75) is 18.9 Å². The fourth-order valence-electron chi connectivity index (χ4n) is 2.99. The highest BCUT2D eigenvalue weighted by molar-refractivity contribution is 5.78. The van der Waals surface area contributed by atoms with Crippen molar-refractivity contribution < 1.29 is 14.3 Å². The van der Waals surface area contributed by atoms with Crippen LogP contribution in [0.4, 0.5) is 0 Å². The molecule has 4 heteroatoms. The lowest BCUT2D eigenvalue weighted by Crippen LogP contribution is -2.34. The zero-order valence-corrected chi connectivity index (χ0v) is 13.3. The lowest BCUT2D eigenvalue weighted by Gasteiger charge is -2.25. The normalized spacial score (nSPS) is 17.1. The quantitative estimate of drug-likeness (QED) is 0.849. The van der Waals surface area contributed by atoms with Crippen molar-refractivity contribution in [1.29, 1.82) is 0 Å². The first-order valence-corrected chi connectivity index (χ1v) is 7.89. The largest absolute Gasteiger partial charge is 0.497 e. The lowest BCUT2D eigenvalue weighted by atomic mass is 10.0. The van der Waals surface area contributed by atoms with Crippen LogP contribution in [-0.2, 0) is 4.79 Å². The van der Waals surface area contributed by atoms with Gasteiger partial charge in [-0.3, -0.25) is 4.79 Å². The van der Waals surface area contributed by atoms with Crippen LogP contribution in [0.25, 0.3) is 0 Å². The van der Waals surface area contributed by atoms with Crippen molar-refractivity contribution in [2.24, 2.45) is 0 Å². The molecule has 0 spiro atoms. The topological polar surface area (TPSA) is 38.8 Å². The van der Waals surface area contributed by atoms with Gasteiger partial charge in [-0.05, 0) is 42.7 Å². The molecule has 0 aliphatic carbocycles. The first kappa shape index (κ1) is 15.4. The average Bonchev–Trinajstić information content (AvgIpc) is 3.11. The summed E-state index contributed by atoms with van der Waals surface area (Å²) in [6, 6.07) is 17.6. The molecule has 3 rings (SSSR count). The third-order valence-electron chi connectivity index (χ3n) is 4.18. The standard InChI is InChI=1S/C19H21NO3/c1-22-16-9-11-17(12-10-16)23-14-19(21)20-13-5-8-18(20)15-6-3-2-4-7-15/h2-4,6-7,9-12,18H,5,8,13-14H2,1H3. The Balaban J connectivity index is 1.60. The van der Waals surface area contributed by atoms with Crippen molar-refractivity contribution in [3.63, 3.8) is 0 Å². The fraction of sp³-hybridized carbons (Fsp3) is 0.316. The van der Waals surface area contributed by atoms with Gasteiger partial charge in [-0.15, -0.1) is 0 Å². The molecule has 120 valence electrons. The van der Waals surface area contributed by atoms with E-state index in [0.29, 0.717) is 5.75 Å². The Bertz CT molecular complexity index is 639. The van der Waals surface area contributed by atoms with E-state index in [-0.39, 0.29) is 18.6 Å². The molecule has 1 amide bonds. The zero-order valence-electron chi connectivity index (χ0n) is 13.3. The maximum Gasteiger partial charge on any atom is 0.261 e. The molecule has 0 saturated carbocycles. The van der Waals surface area contributed by atoms with Gasteiger partial charge in [-0.1, -0.05) is 30.3 Å². The van der Waals surface area contributed by atoms with Crippen LogP contribution in [0, 0.1) is 0 Å². The molecule has 4 nitrogen and oxygen atoms in total. The number of amides is 1. The first-order chi connectivity index (χ1) is 11.3. The number of methoxy groups -OCH3 is 1. The maximum absolute atomic E-state index is 12.5. The minimum atomic E-state index is 0.0344. The van der Waals surface area contributed by atoms with Crippen LogP contribution in [0.1, 0.15) is 24.4 Å². The summed E-state index contributed by atoms with van der Waals surface area (Å²) < 4.78 is 10.7. The number of benzene rings is 2. The number of carbonyl (C=O) groups is 1. The van der Waals surface area contributed by atoms with Crippen molar-refractivity contribution in [3.8, 4) is 11.5 Å². The van der Waals surface area contributed by atoms with Gasteiger partial charge in [0.2, 0.25) is 0 Å². The van der Waals surface area contributed by atoms with E-state index >= 15 is 0 Å². The van der Waals surface area contributed by atoms with E-state index in [0.717, 1.165) is 25.1 Å². The van der Waals surface area contributed by atoms with Gasteiger partial charge >= 0.3 is 0 Å². The van der Waals surface area contributed by atoms with Crippen LogP contribution in [0.2, 0.25) is 0 Å². The number of ether oxygens (including phenoxy) is 2. The molecule has 1 aliphatic heterocycles. The summed E-state index contributed by atoms with van der Waals surface area (Å²) in [5.74, 6) is 1.48. The predicted octanol–water partition coefficient (Wildman–Crippen LogP) is 3.44. The fourth-order valence-corrected chi connectivity index (χ4v) is 2.99. The van der Waals surface area contributed by atoms with Gasteiger partial charge in [0.1, 0.15) is 11.5 Å². The van der Waals surface area contributed by atoms with Gasteiger partial charge in [-0.25, -0.2) is 0 Å². The van der Waals surface area contributed by atoms with Crippen LogP contribution >= 0.6 is 0 Å². The predicted molar refractivity (Wildman–Crippen MR) is 88.6 cm³/mol. The van der Waals surface area contributed by atoms with E-state index < -0.39 is 0 Å². The summed E-state index contributed by atoms with van der Waals surface area (Å²) in [4.78, 5) is 14.4. The molecule has 0 bridgehead atoms. The van der Waals surface area contributed by atoms with Crippen molar-refractivity contribution in [2.75, 3.05) is 20.3 Å². The van der Waals surface area contributed by atoms with Crippen LogP contribution in [0.3, 0.4) is 0 Å². The third kappa shape index (κ3) is 3.65. The van der Waals surface area contributed by atoms with Gasteiger partial charge in [-0.2, -0.15) is 0 Å². The summed E-state index contributed by atoms with van der Waals surface area (Å²) >= 11 is 0. The van der Waals surface area contributed by atoms with E-state index in [1.807, 2.05) is 47.4 Å². The highest BCUT2D eigenvalue weighted by Crippen LogP contribution is 2.31. The van der Waals surface area contributed by atoms with Crippen molar-refractivity contribution in [3.05, 3.63) is 60.2 Å². The molecule has 2 aromatic carbocycles. The zero-order chi connectivity index (χ0) is 16.1. The van der Waals surface area contributed by atoms with E-state index in [4.69, 9.17) is 9.47 Å². The molecule has 23 heavy (non-hydrogen) atoms. The molecule has 0 N–H and O–H groups in total. The Morgan fingerprint density at radius 3 is 2.48 bits per heavy atom. The number of likely N-dealkylation sites (tertiary alicyclic amines) is 1. The first-order valence-electron chi connectivity index (χ1n) is 7.89. The Kier molecular flexibility index (Phi) is 4.81. The van der Waals surface area contributed by atoms with Gasteiger partial charge in [0.15, 0.2) is 6.61 Å². The monoisotopic (exact) mass is 311 g/mol. The SMILES string of the molecule is COc1ccc(OCC(=O)N2CCCC2c2ccccc2)cc1. The Hall–Kier alpha value is -2.49. The molecule has 2 aromatic rings. The highest BCUT2D eigenvalue weighted by Gasteiger charge is 2.29. The Labute approximate surface area is 136 Å². The molecular formula is C19H21NO3. The van der Waals surface area contributed by atoms with Gasteiger partial charge in [0.05, 0.1) is 13.2 Å². The van der Waals surface area contributed by atoms with Crippen molar-refractivity contribution in [1.82, 2.24) is 4.90 Å². The van der Waals surface area contributed by atoms with Crippen LogP contribution in [-0.4, -0.2) is 31.1 Å². The maximum atomic E-state index is 12.5. The Morgan fingerprint density at radius 1 is 1.09 bits per heavy atom. The second-order valence-electron chi connectivity index (χ2n) is 5.62. The minimum absolute atomic E-state index is 0.0344. The molecule has 1 heterocycles. The van der Waals surface area contributed by atoms with E-state index in [1.54, 1.807) is 7.11 Å². The summed E-state index contributed by atoms with van der Waals surface area (Å²) in [7, 11) is 1.62. The second kappa shape index (κ2) is 7.18. The van der Waals surface area contributed by atoms with Gasteiger partial charge in [0, 0.05) is 6.54 Å². The lowest BCUT2D eigenvalue weighted by molar-refractivity contribution is -0.134. The smallest absolute Gasteiger partial charge is 0.261 e. The van der Waals surface area contributed by atoms with E-state index in [9.17, 15) is 4.79 Å². The van der Waals surface area contributed by atoms with Crippen LogP contribution in [0.5, 0.6) is 11.5 Å². The van der Waals surface area contributed by atoms with Gasteiger partial charge in [0.25, 0.3) is 5.91 Å². The molecule has 1 fully saturated rings. The summed E-state index contributed by atoms with van der Waals surface area (Å²) in [6.45, 7) is 0.861. The van der Waals surface area contributed by atoms with Gasteiger partial charge < -0.3 is 14.4 Å². The number of rotatable bonds is 5. The number of nitrogens with zero attached hydrogens (tertiary/aromatic N) is 1. The van der Waals surface area contributed by atoms with Crippen molar-refractivity contribution >= 4 is 5.91 Å². The summed E-state index contributed by atoms with van der Waals surface area (Å²) in [5.41, 5.74) is 1.20. The molecule has 0 radical (unpaired) electrons. The average molecular weight is 311 g/mol.